The third-order valence-electron chi connectivity index (χ3n) is 11.5. The highest BCUT2D eigenvalue weighted by Crippen LogP contribution is 2.71. The molecule has 0 amide bonds. The van der Waals surface area contributed by atoms with Gasteiger partial charge in [0, 0.05) is 6.92 Å². The van der Waals surface area contributed by atoms with Crippen LogP contribution in [0.1, 0.15) is 97.5 Å². The Morgan fingerprint density at radius 2 is 1.69 bits per heavy atom. The standard InChI is InChI=1S/C30H44O2/c1-21(31)32-24-13-18-29(3)23(20-24)10-11-25-26(29)15-19-30(4)27(25)14-17-28(30,2)16-12-22-8-6-5-7-9-22/h5-9,23-27H,10-20H2,1-4H3/t23-,24-,25-,26+,27+,28-,29-,30-/m0/s1. The Labute approximate surface area is 195 Å². The quantitative estimate of drug-likeness (QED) is 0.454. The summed E-state index contributed by atoms with van der Waals surface area (Å²) in [5.41, 5.74) is 2.95. The zero-order valence-electron chi connectivity index (χ0n) is 20.9. The lowest BCUT2D eigenvalue weighted by Gasteiger charge is -2.62. The smallest absolute Gasteiger partial charge is 0.302 e. The topological polar surface area (TPSA) is 26.3 Å². The molecular formula is C30H44O2. The summed E-state index contributed by atoms with van der Waals surface area (Å²) in [5, 5.41) is 0. The fourth-order valence-corrected chi connectivity index (χ4v) is 9.40. The molecule has 1 aromatic rings. The Bertz CT molecular complexity index is 832. The van der Waals surface area contributed by atoms with Crippen molar-refractivity contribution in [1.29, 1.82) is 0 Å². The molecule has 0 aromatic heterocycles. The molecule has 4 aliphatic carbocycles. The lowest BCUT2D eigenvalue weighted by molar-refractivity contribution is -0.162. The van der Waals surface area contributed by atoms with Crippen LogP contribution in [0.2, 0.25) is 0 Å². The molecular weight excluding hydrogens is 392 g/mol. The van der Waals surface area contributed by atoms with Crippen LogP contribution in [0.25, 0.3) is 0 Å². The second-order valence-electron chi connectivity index (χ2n) is 12.7. The van der Waals surface area contributed by atoms with E-state index in [0.29, 0.717) is 16.2 Å². The lowest BCUT2D eigenvalue weighted by atomic mass is 9.43. The molecule has 32 heavy (non-hydrogen) atoms. The van der Waals surface area contributed by atoms with Gasteiger partial charge in [0.15, 0.2) is 0 Å². The fourth-order valence-electron chi connectivity index (χ4n) is 9.40. The monoisotopic (exact) mass is 436 g/mol. The second-order valence-corrected chi connectivity index (χ2v) is 12.7. The first-order valence-electron chi connectivity index (χ1n) is 13.5. The van der Waals surface area contributed by atoms with Gasteiger partial charge in [-0.3, -0.25) is 4.79 Å². The van der Waals surface area contributed by atoms with Crippen molar-refractivity contribution in [3.63, 3.8) is 0 Å². The Balaban J connectivity index is 1.31. The van der Waals surface area contributed by atoms with Crippen LogP contribution in [0.5, 0.6) is 0 Å². The predicted molar refractivity (Wildman–Crippen MR) is 130 cm³/mol. The van der Waals surface area contributed by atoms with E-state index < -0.39 is 0 Å². The maximum atomic E-state index is 11.5. The molecule has 176 valence electrons. The summed E-state index contributed by atoms with van der Waals surface area (Å²) in [4.78, 5) is 11.5. The first-order valence-corrected chi connectivity index (χ1v) is 13.5. The summed E-state index contributed by atoms with van der Waals surface area (Å²) < 4.78 is 5.66. The number of carbonyl (C=O) groups excluding carboxylic acids is 1. The van der Waals surface area contributed by atoms with Crippen molar-refractivity contribution in [1.82, 2.24) is 0 Å². The van der Waals surface area contributed by atoms with Crippen molar-refractivity contribution in [2.45, 2.75) is 104 Å². The zero-order chi connectivity index (χ0) is 22.6. The Kier molecular flexibility index (Phi) is 5.74. The molecule has 2 heteroatoms. The number of ether oxygens (including phenoxy) is 1. The van der Waals surface area contributed by atoms with Crippen LogP contribution < -0.4 is 0 Å². The van der Waals surface area contributed by atoms with E-state index in [2.05, 4.69) is 51.1 Å². The van der Waals surface area contributed by atoms with Gasteiger partial charge in [-0.1, -0.05) is 51.1 Å². The van der Waals surface area contributed by atoms with Gasteiger partial charge in [-0.2, -0.15) is 0 Å². The van der Waals surface area contributed by atoms with Gasteiger partial charge in [0.05, 0.1) is 0 Å². The van der Waals surface area contributed by atoms with Gasteiger partial charge in [-0.15, -0.1) is 0 Å². The summed E-state index contributed by atoms with van der Waals surface area (Å²) in [7, 11) is 0. The van der Waals surface area contributed by atoms with Crippen LogP contribution in [0.3, 0.4) is 0 Å². The SMILES string of the molecule is CC(=O)O[C@H]1CC[C@@]2(C)[C@@H](CC[C@H]3[C@H]2CC[C@@]2(C)[C@@H]3CC[C@]2(C)CCc2ccccc2)C1. The van der Waals surface area contributed by atoms with E-state index in [1.54, 1.807) is 6.92 Å². The van der Waals surface area contributed by atoms with Crippen LogP contribution in [0, 0.1) is 39.9 Å². The summed E-state index contributed by atoms with van der Waals surface area (Å²) >= 11 is 0. The third-order valence-corrected chi connectivity index (χ3v) is 11.5. The van der Waals surface area contributed by atoms with Crippen molar-refractivity contribution in [2.24, 2.45) is 39.9 Å². The highest BCUT2D eigenvalue weighted by atomic mass is 16.5. The number of esters is 1. The van der Waals surface area contributed by atoms with Crippen molar-refractivity contribution >= 4 is 5.97 Å². The van der Waals surface area contributed by atoms with Crippen LogP contribution in [-0.4, -0.2) is 12.1 Å². The summed E-state index contributed by atoms with van der Waals surface area (Å²) in [5.74, 6) is 3.36. The van der Waals surface area contributed by atoms with Gasteiger partial charge in [-0.25, -0.2) is 0 Å². The molecule has 2 nitrogen and oxygen atoms in total. The molecule has 0 bridgehead atoms. The Hall–Kier alpha value is -1.31. The van der Waals surface area contributed by atoms with E-state index in [0.717, 1.165) is 36.5 Å². The molecule has 8 atom stereocenters. The van der Waals surface area contributed by atoms with Crippen LogP contribution >= 0.6 is 0 Å². The molecule has 0 N–H and O–H groups in total. The fraction of sp³-hybridized carbons (Fsp3) is 0.767. The van der Waals surface area contributed by atoms with Gasteiger partial charge in [-0.05, 0) is 116 Å². The van der Waals surface area contributed by atoms with Gasteiger partial charge < -0.3 is 4.74 Å². The van der Waals surface area contributed by atoms with Crippen LogP contribution in [0.15, 0.2) is 30.3 Å². The molecule has 1 aromatic carbocycles. The Morgan fingerprint density at radius 3 is 2.44 bits per heavy atom. The zero-order valence-corrected chi connectivity index (χ0v) is 20.9. The maximum absolute atomic E-state index is 11.5. The van der Waals surface area contributed by atoms with Crippen molar-refractivity contribution < 1.29 is 9.53 Å². The molecule has 0 aliphatic heterocycles. The summed E-state index contributed by atoms with van der Waals surface area (Å²) in [6.45, 7) is 9.50. The molecule has 4 aliphatic rings. The number of hydrogen-bond acceptors (Lipinski definition) is 2. The molecule has 5 rings (SSSR count). The number of carbonyl (C=O) groups is 1. The average Bonchev–Trinajstić information content (AvgIpc) is 3.04. The largest absolute Gasteiger partial charge is 0.463 e. The summed E-state index contributed by atoms with van der Waals surface area (Å²) in [6, 6.07) is 11.1. The molecule has 0 saturated heterocycles. The number of fused-ring (bicyclic) bond motifs is 5. The minimum atomic E-state index is -0.0959. The average molecular weight is 437 g/mol. The van der Waals surface area contributed by atoms with E-state index in [1.165, 1.54) is 63.4 Å². The van der Waals surface area contributed by atoms with Crippen molar-refractivity contribution in [2.75, 3.05) is 0 Å². The number of benzene rings is 1. The number of hydrogen-bond donors (Lipinski definition) is 0. The van der Waals surface area contributed by atoms with Crippen LogP contribution in [-0.2, 0) is 16.0 Å². The highest BCUT2D eigenvalue weighted by Gasteiger charge is 2.63. The molecule has 4 saturated carbocycles. The number of rotatable bonds is 4. The first kappa shape index (κ1) is 22.5. The third kappa shape index (κ3) is 3.55. The van der Waals surface area contributed by atoms with E-state index in [1.807, 2.05) is 0 Å². The van der Waals surface area contributed by atoms with Crippen molar-refractivity contribution in [3.8, 4) is 0 Å². The second kappa shape index (κ2) is 8.17. The van der Waals surface area contributed by atoms with Gasteiger partial charge >= 0.3 is 5.97 Å². The highest BCUT2D eigenvalue weighted by molar-refractivity contribution is 5.66. The van der Waals surface area contributed by atoms with Gasteiger partial charge in [0.25, 0.3) is 0 Å². The van der Waals surface area contributed by atoms with Crippen molar-refractivity contribution in [3.05, 3.63) is 35.9 Å². The van der Waals surface area contributed by atoms with Gasteiger partial charge in [0.1, 0.15) is 6.10 Å². The van der Waals surface area contributed by atoms with E-state index in [4.69, 9.17) is 4.74 Å². The predicted octanol–water partition coefficient (Wildman–Crippen LogP) is 7.60. The van der Waals surface area contributed by atoms with E-state index in [-0.39, 0.29) is 12.1 Å². The summed E-state index contributed by atoms with van der Waals surface area (Å²) in [6.07, 6.45) is 14.6. The molecule has 0 unspecified atom stereocenters. The minimum Gasteiger partial charge on any atom is -0.463 e. The van der Waals surface area contributed by atoms with E-state index in [9.17, 15) is 4.79 Å². The first-order chi connectivity index (χ1) is 15.3. The van der Waals surface area contributed by atoms with Crippen LogP contribution in [0.4, 0.5) is 0 Å². The minimum absolute atomic E-state index is 0.0959. The normalized spacial score (nSPS) is 45.4. The lowest BCUT2D eigenvalue weighted by Crippen LogP contribution is -2.55. The molecule has 4 fully saturated rings. The van der Waals surface area contributed by atoms with Gasteiger partial charge in [0.2, 0.25) is 0 Å². The molecule has 0 spiro atoms. The van der Waals surface area contributed by atoms with E-state index >= 15 is 0 Å². The molecule has 0 radical (unpaired) electrons. The maximum Gasteiger partial charge on any atom is 0.302 e. The number of aryl methyl sites for hydroxylation is 1. The molecule has 0 heterocycles. The Morgan fingerprint density at radius 1 is 0.938 bits per heavy atom.